The van der Waals surface area contributed by atoms with Gasteiger partial charge in [-0.1, -0.05) is 200 Å². The first-order valence-electron chi connectivity index (χ1n) is 18.4. The third-order valence-electron chi connectivity index (χ3n) is 10.2. The summed E-state index contributed by atoms with van der Waals surface area (Å²) in [6, 6.07) is 66.3. The van der Waals surface area contributed by atoms with Crippen LogP contribution in [-0.2, 0) is 0 Å². The van der Waals surface area contributed by atoms with Gasteiger partial charge in [-0.3, -0.25) is 0 Å². The summed E-state index contributed by atoms with van der Waals surface area (Å²) in [6.45, 7) is 0. The second-order valence-electron chi connectivity index (χ2n) is 13.6. The molecular weight excluding hydrogens is 687 g/mol. The van der Waals surface area contributed by atoms with Crippen molar-refractivity contribution < 1.29 is 0 Å². The molecular formula is C51H33N3S. The van der Waals surface area contributed by atoms with Crippen molar-refractivity contribution in [3.8, 4) is 67.5 Å². The smallest absolute Gasteiger partial charge is 0.164 e. The molecule has 0 bridgehead atoms. The lowest BCUT2D eigenvalue weighted by atomic mass is 9.93. The van der Waals surface area contributed by atoms with Crippen molar-refractivity contribution in [2.75, 3.05) is 0 Å². The molecule has 10 rings (SSSR count). The van der Waals surface area contributed by atoms with Crippen LogP contribution in [0.4, 0.5) is 0 Å². The van der Waals surface area contributed by atoms with Crippen molar-refractivity contribution in [1.82, 2.24) is 15.0 Å². The molecule has 9 aromatic rings. The minimum atomic E-state index is 0.628. The second kappa shape index (κ2) is 14.2. The summed E-state index contributed by atoms with van der Waals surface area (Å²) in [6.07, 6.45) is 4.49. The molecule has 1 aromatic heterocycles. The van der Waals surface area contributed by atoms with Crippen LogP contribution >= 0.6 is 11.8 Å². The minimum absolute atomic E-state index is 0.628. The van der Waals surface area contributed by atoms with Gasteiger partial charge in [-0.25, -0.2) is 15.0 Å². The summed E-state index contributed by atoms with van der Waals surface area (Å²) in [5, 5.41) is 2.43. The summed E-state index contributed by atoms with van der Waals surface area (Å²) in [5.41, 5.74) is 12.1. The number of rotatable bonds is 4. The van der Waals surface area contributed by atoms with E-state index in [0.29, 0.717) is 17.5 Å². The Bertz CT molecular complexity index is 2880. The van der Waals surface area contributed by atoms with E-state index >= 15 is 0 Å². The van der Waals surface area contributed by atoms with Gasteiger partial charge in [0.15, 0.2) is 17.5 Å². The van der Waals surface area contributed by atoms with Crippen molar-refractivity contribution in [3.05, 3.63) is 199 Å². The molecule has 4 heteroatoms. The molecule has 0 atom stereocenters. The Labute approximate surface area is 324 Å². The van der Waals surface area contributed by atoms with E-state index in [0.717, 1.165) is 33.4 Å². The molecule has 0 saturated carbocycles. The average molecular weight is 720 g/mol. The van der Waals surface area contributed by atoms with Gasteiger partial charge in [0.1, 0.15) is 0 Å². The highest BCUT2D eigenvalue weighted by atomic mass is 32.2. The molecule has 55 heavy (non-hydrogen) atoms. The van der Waals surface area contributed by atoms with Crippen molar-refractivity contribution in [2.24, 2.45) is 0 Å². The standard InChI is InChI=1S/C51H33N3S/c1-3-13-34(14-4-1)35-23-28-40(29-24-35)50-52-49(39-17-5-2-6-18-39)53-51(54-50)41-30-27-38-26-25-36-15-7-9-19-42(36)44-21-11-12-22-47(44)55-48-43-20-10-8-16-37(43)31-32-45(48)46(38)33-41/h1-33H/b26-25-. The fourth-order valence-corrected chi connectivity index (χ4v) is 8.63. The molecule has 0 spiro atoms. The van der Waals surface area contributed by atoms with Gasteiger partial charge in [0.2, 0.25) is 0 Å². The Morgan fingerprint density at radius 3 is 1.62 bits per heavy atom. The summed E-state index contributed by atoms with van der Waals surface area (Å²) in [5.74, 6) is 1.90. The lowest BCUT2D eigenvalue weighted by Crippen LogP contribution is -2.00. The molecule has 0 aliphatic carbocycles. The van der Waals surface area contributed by atoms with Crippen molar-refractivity contribution in [3.63, 3.8) is 0 Å². The van der Waals surface area contributed by atoms with Gasteiger partial charge in [0.25, 0.3) is 0 Å². The predicted molar refractivity (Wildman–Crippen MR) is 229 cm³/mol. The summed E-state index contributed by atoms with van der Waals surface area (Å²) < 4.78 is 0. The Morgan fingerprint density at radius 2 is 0.855 bits per heavy atom. The van der Waals surface area contributed by atoms with Gasteiger partial charge in [-0.05, 0) is 67.4 Å². The molecule has 0 amide bonds. The van der Waals surface area contributed by atoms with Gasteiger partial charge < -0.3 is 0 Å². The fraction of sp³-hybridized carbons (Fsp3) is 0. The van der Waals surface area contributed by atoms with Gasteiger partial charge in [-0.15, -0.1) is 0 Å². The van der Waals surface area contributed by atoms with Crippen LogP contribution in [0.15, 0.2) is 198 Å². The van der Waals surface area contributed by atoms with Crippen LogP contribution in [0.3, 0.4) is 0 Å². The van der Waals surface area contributed by atoms with Crippen LogP contribution < -0.4 is 0 Å². The van der Waals surface area contributed by atoms with E-state index in [2.05, 4.69) is 176 Å². The Balaban J connectivity index is 1.18. The zero-order valence-electron chi connectivity index (χ0n) is 29.8. The molecule has 0 unspecified atom stereocenters. The van der Waals surface area contributed by atoms with E-state index in [-0.39, 0.29) is 0 Å². The third-order valence-corrected chi connectivity index (χ3v) is 11.4. The number of nitrogens with zero attached hydrogens (tertiary/aromatic N) is 3. The van der Waals surface area contributed by atoms with Crippen molar-refractivity contribution in [2.45, 2.75) is 9.79 Å². The predicted octanol–water partition coefficient (Wildman–Crippen LogP) is 13.7. The maximum Gasteiger partial charge on any atom is 0.164 e. The van der Waals surface area contributed by atoms with Crippen LogP contribution in [0, 0.1) is 0 Å². The normalized spacial score (nSPS) is 12.4. The highest BCUT2D eigenvalue weighted by Gasteiger charge is 2.20. The number of benzene rings is 8. The maximum atomic E-state index is 5.16. The largest absolute Gasteiger partial charge is 0.208 e. The van der Waals surface area contributed by atoms with E-state index in [1.807, 2.05) is 36.0 Å². The quantitative estimate of drug-likeness (QED) is 0.182. The minimum Gasteiger partial charge on any atom is -0.208 e. The molecule has 1 aliphatic heterocycles. The lowest BCUT2D eigenvalue weighted by Gasteiger charge is -2.17. The van der Waals surface area contributed by atoms with E-state index in [1.54, 1.807) is 0 Å². The van der Waals surface area contributed by atoms with Crippen LogP contribution in [-0.4, -0.2) is 15.0 Å². The van der Waals surface area contributed by atoms with Gasteiger partial charge in [0.05, 0.1) is 0 Å². The first-order valence-corrected chi connectivity index (χ1v) is 19.3. The first-order chi connectivity index (χ1) is 27.2. The van der Waals surface area contributed by atoms with Crippen LogP contribution in [0.1, 0.15) is 11.1 Å². The van der Waals surface area contributed by atoms with Crippen molar-refractivity contribution >= 4 is 34.7 Å². The first kappa shape index (κ1) is 32.7. The number of aromatic nitrogens is 3. The SMILES string of the molecule is C1=C\c2ccc(-c3nc(-c4ccccc4)nc(-c4ccc(-c5ccccc5)cc4)n3)cc2-c2ccc3ccccc3c2Sc2ccccc2-c2ccccc2/1. The van der Waals surface area contributed by atoms with Crippen LogP contribution in [0.5, 0.6) is 0 Å². The second-order valence-corrected chi connectivity index (χ2v) is 14.7. The lowest BCUT2D eigenvalue weighted by molar-refractivity contribution is 1.07. The van der Waals surface area contributed by atoms with Crippen LogP contribution in [0.2, 0.25) is 0 Å². The van der Waals surface area contributed by atoms with E-state index in [1.165, 1.54) is 48.4 Å². The van der Waals surface area contributed by atoms with Crippen LogP contribution in [0.25, 0.3) is 90.5 Å². The zero-order valence-corrected chi connectivity index (χ0v) is 30.6. The Morgan fingerprint density at radius 1 is 0.327 bits per heavy atom. The Hall–Kier alpha value is -6.88. The molecule has 258 valence electrons. The van der Waals surface area contributed by atoms with Gasteiger partial charge in [-0.2, -0.15) is 0 Å². The third kappa shape index (κ3) is 6.33. The molecule has 8 aromatic carbocycles. The fourth-order valence-electron chi connectivity index (χ4n) is 7.39. The highest BCUT2D eigenvalue weighted by Crippen LogP contribution is 2.47. The van der Waals surface area contributed by atoms with E-state index in [9.17, 15) is 0 Å². The summed E-state index contributed by atoms with van der Waals surface area (Å²) >= 11 is 1.84. The van der Waals surface area contributed by atoms with Gasteiger partial charge >= 0.3 is 0 Å². The van der Waals surface area contributed by atoms with E-state index in [4.69, 9.17) is 15.0 Å². The molecule has 2 heterocycles. The Kier molecular flexibility index (Phi) is 8.43. The summed E-state index contributed by atoms with van der Waals surface area (Å²) in [4.78, 5) is 17.7. The topological polar surface area (TPSA) is 38.7 Å². The summed E-state index contributed by atoms with van der Waals surface area (Å²) in [7, 11) is 0. The number of hydrogen-bond donors (Lipinski definition) is 0. The number of fused-ring (bicyclic) bond motifs is 8. The highest BCUT2D eigenvalue weighted by molar-refractivity contribution is 7.99. The molecule has 0 radical (unpaired) electrons. The molecule has 0 fully saturated rings. The number of hydrogen-bond acceptors (Lipinski definition) is 4. The maximum absolute atomic E-state index is 5.16. The monoisotopic (exact) mass is 719 g/mol. The zero-order chi connectivity index (χ0) is 36.6. The van der Waals surface area contributed by atoms with Gasteiger partial charge in [0, 0.05) is 26.5 Å². The average Bonchev–Trinajstić information content (AvgIpc) is 3.28. The molecule has 1 aliphatic rings. The van der Waals surface area contributed by atoms with E-state index < -0.39 is 0 Å². The molecule has 0 saturated heterocycles. The van der Waals surface area contributed by atoms with Crippen molar-refractivity contribution in [1.29, 1.82) is 0 Å². The molecule has 0 N–H and O–H groups in total. The molecule has 3 nitrogen and oxygen atoms in total.